The molecule has 3 nitrogen and oxygen atoms in total. The number of carbonyl (C=O) groups excluding carboxylic acids is 1. The van der Waals surface area contributed by atoms with E-state index in [1.165, 1.54) is 25.9 Å². The van der Waals surface area contributed by atoms with Crippen molar-refractivity contribution in [3.63, 3.8) is 0 Å². The molecule has 1 heterocycles. The van der Waals surface area contributed by atoms with Crippen LogP contribution in [0.4, 0.5) is 0 Å². The maximum atomic E-state index is 12.0. The molecule has 0 unspecified atom stereocenters. The molecule has 2 fully saturated rings. The highest BCUT2D eigenvalue weighted by Gasteiger charge is 2.26. The Morgan fingerprint density at radius 2 is 2.00 bits per heavy atom. The van der Waals surface area contributed by atoms with Crippen molar-refractivity contribution in [2.75, 3.05) is 32.7 Å². The molecule has 3 heteroatoms. The third-order valence-corrected chi connectivity index (χ3v) is 3.90. The van der Waals surface area contributed by atoms with E-state index in [1.807, 2.05) is 0 Å². The average molecular weight is 238 g/mol. The maximum absolute atomic E-state index is 12.0. The molecule has 17 heavy (non-hydrogen) atoms. The van der Waals surface area contributed by atoms with Crippen molar-refractivity contribution in [3.05, 3.63) is 0 Å². The molecular weight excluding hydrogens is 212 g/mol. The van der Waals surface area contributed by atoms with Gasteiger partial charge in [-0.1, -0.05) is 13.3 Å². The first-order chi connectivity index (χ1) is 8.29. The molecule has 1 amide bonds. The van der Waals surface area contributed by atoms with Crippen molar-refractivity contribution in [1.82, 2.24) is 9.80 Å². The van der Waals surface area contributed by atoms with Gasteiger partial charge in [-0.15, -0.1) is 0 Å². The Kier molecular flexibility index (Phi) is 4.84. The molecule has 1 aliphatic heterocycles. The lowest BCUT2D eigenvalue weighted by molar-refractivity contribution is -0.131. The number of hydrogen-bond donors (Lipinski definition) is 0. The van der Waals surface area contributed by atoms with Crippen LogP contribution in [-0.2, 0) is 4.79 Å². The summed E-state index contributed by atoms with van der Waals surface area (Å²) < 4.78 is 0. The summed E-state index contributed by atoms with van der Waals surface area (Å²) in [5.74, 6) is 1.34. The van der Waals surface area contributed by atoms with Gasteiger partial charge < -0.3 is 9.80 Å². The molecule has 0 radical (unpaired) electrons. The zero-order valence-electron chi connectivity index (χ0n) is 11.2. The average Bonchev–Trinajstić information content (AvgIpc) is 3.14. The molecule has 2 rings (SSSR count). The highest BCUT2D eigenvalue weighted by atomic mass is 16.2. The standard InChI is InChI=1S/C14H26N2O/c1-2-3-5-14(17)16-9-4-8-15(10-11-16)12-13-6-7-13/h13H,2-12H2,1H3. The minimum Gasteiger partial charge on any atom is -0.341 e. The van der Waals surface area contributed by atoms with Gasteiger partial charge in [0.25, 0.3) is 0 Å². The van der Waals surface area contributed by atoms with Gasteiger partial charge in [0, 0.05) is 32.6 Å². The van der Waals surface area contributed by atoms with Crippen LogP contribution in [0, 0.1) is 5.92 Å². The molecule has 0 bridgehead atoms. The fourth-order valence-electron chi connectivity index (χ4n) is 2.55. The molecule has 0 aromatic heterocycles. The van der Waals surface area contributed by atoms with Gasteiger partial charge in [-0.05, 0) is 38.1 Å². The van der Waals surface area contributed by atoms with Crippen LogP contribution in [0.2, 0.25) is 0 Å². The van der Waals surface area contributed by atoms with Gasteiger partial charge in [-0.3, -0.25) is 4.79 Å². The molecule has 0 aromatic rings. The first kappa shape index (κ1) is 12.9. The molecule has 0 N–H and O–H groups in total. The lowest BCUT2D eigenvalue weighted by Crippen LogP contribution is -2.35. The van der Waals surface area contributed by atoms with Crippen molar-refractivity contribution in [3.8, 4) is 0 Å². The predicted octanol–water partition coefficient (Wildman–Crippen LogP) is 2.12. The van der Waals surface area contributed by atoms with Gasteiger partial charge >= 0.3 is 0 Å². The molecule has 1 saturated carbocycles. The number of rotatable bonds is 5. The first-order valence-corrected chi connectivity index (χ1v) is 7.29. The Hall–Kier alpha value is -0.570. The summed E-state index contributed by atoms with van der Waals surface area (Å²) in [5.41, 5.74) is 0. The van der Waals surface area contributed by atoms with E-state index in [0.717, 1.165) is 51.2 Å². The second-order valence-electron chi connectivity index (χ2n) is 5.58. The zero-order valence-corrected chi connectivity index (χ0v) is 11.2. The summed E-state index contributed by atoms with van der Waals surface area (Å²) in [6, 6.07) is 0. The Morgan fingerprint density at radius 3 is 2.71 bits per heavy atom. The Labute approximate surface area is 105 Å². The number of hydrogen-bond acceptors (Lipinski definition) is 2. The third kappa shape index (κ3) is 4.30. The van der Waals surface area contributed by atoms with Gasteiger partial charge in [-0.2, -0.15) is 0 Å². The van der Waals surface area contributed by atoms with Crippen LogP contribution < -0.4 is 0 Å². The van der Waals surface area contributed by atoms with Gasteiger partial charge in [0.1, 0.15) is 0 Å². The molecule has 98 valence electrons. The molecule has 1 saturated heterocycles. The van der Waals surface area contributed by atoms with E-state index in [4.69, 9.17) is 0 Å². The lowest BCUT2D eigenvalue weighted by atomic mass is 10.2. The topological polar surface area (TPSA) is 23.6 Å². The van der Waals surface area contributed by atoms with E-state index in [2.05, 4.69) is 16.7 Å². The molecule has 0 aromatic carbocycles. The number of carbonyl (C=O) groups is 1. The van der Waals surface area contributed by atoms with Crippen LogP contribution in [0.1, 0.15) is 45.4 Å². The number of unbranched alkanes of at least 4 members (excludes halogenated alkanes) is 1. The van der Waals surface area contributed by atoms with Gasteiger partial charge in [-0.25, -0.2) is 0 Å². The van der Waals surface area contributed by atoms with Crippen molar-refractivity contribution >= 4 is 5.91 Å². The largest absolute Gasteiger partial charge is 0.341 e. The van der Waals surface area contributed by atoms with Crippen LogP contribution in [0.25, 0.3) is 0 Å². The third-order valence-electron chi connectivity index (χ3n) is 3.90. The highest BCUT2D eigenvalue weighted by Crippen LogP contribution is 2.29. The summed E-state index contributed by atoms with van der Waals surface area (Å²) in [4.78, 5) is 16.6. The summed E-state index contributed by atoms with van der Waals surface area (Å²) in [6.45, 7) is 7.63. The van der Waals surface area contributed by atoms with Crippen molar-refractivity contribution < 1.29 is 4.79 Å². The van der Waals surface area contributed by atoms with Crippen LogP contribution in [0.3, 0.4) is 0 Å². The van der Waals surface area contributed by atoms with Crippen molar-refractivity contribution in [2.45, 2.75) is 45.4 Å². The molecule has 0 atom stereocenters. The van der Waals surface area contributed by atoms with E-state index < -0.39 is 0 Å². The second kappa shape index (κ2) is 6.39. The molecule has 1 aliphatic carbocycles. The van der Waals surface area contributed by atoms with Crippen LogP contribution in [-0.4, -0.2) is 48.4 Å². The quantitative estimate of drug-likeness (QED) is 0.732. The fraction of sp³-hybridized carbons (Fsp3) is 0.929. The summed E-state index contributed by atoms with van der Waals surface area (Å²) in [5, 5.41) is 0. The Morgan fingerprint density at radius 1 is 1.18 bits per heavy atom. The van der Waals surface area contributed by atoms with Crippen LogP contribution in [0.5, 0.6) is 0 Å². The predicted molar refractivity (Wildman–Crippen MR) is 69.9 cm³/mol. The van der Waals surface area contributed by atoms with Crippen molar-refractivity contribution in [1.29, 1.82) is 0 Å². The van der Waals surface area contributed by atoms with Gasteiger partial charge in [0.05, 0.1) is 0 Å². The Balaban J connectivity index is 1.72. The molecule has 2 aliphatic rings. The van der Waals surface area contributed by atoms with E-state index in [9.17, 15) is 4.79 Å². The van der Waals surface area contributed by atoms with Crippen molar-refractivity contribution in [2.24, 2.45) is 5.92 Å². The second-order valence-corrected chi connectivity index (χ2v) is 5.58. The first-order valence-electron chi connectivity index (χ1n) is 7.29. The van der Waals surface area contributed by atoms with Crippen LogP contribution >= 0.6 is 0 Å². The van der Waals surface area contributed by atoms with Gasteiger partial charge in [0.15, 0.2) is 0 Å². The minimum atomic E-state index is 0.375. The van der Waals surface area contributed by atoms with E-state index >= 15 is 0 Å². The number of amides is 1. The maximum Gasteiger partial charge on any atom is 0.222 e. The van der Waals surface area contributed by atoms with E-state index in [1.54, 1.807) is 0 Å². The SMILES string of the molecule is CCCCC(=O)N1CCCN(CC2CC2)CC1. The molecule has 0 spiro atoms. The number of nitrogens with zero attached hydrogens (tertiary/aromatic N) is 2. The van der Waals surface area contributed by atoms with E-state index in [-0.39, 0.29) is 0 Å². The Bertz CT molecular complexity index is 251. The van der Waals surface area contributed by atoms with Gasteiger partial charge in [0.2, 0.25) is 5.91 Å². The molecular formula is C14H26N2O. The summed E-state index contributed by atoms with van der Waals surface area (Å²) >= 11 is 0. The smallest absolute Gasteiger partial charge is 0.222 e. The van der Waals surface area contributed by atoms with Crippen LogP contribution in [0.15, 0.2) is 0 Å². The zero-order chi connectivity index (χ0) is 12.1. The van der Waals surface area contributed by atoms with E-state index in [0.29, 0.717) is 5.91 Å². The monoisotopic (exact) mass is 238 g/mol. The minimum absolute atomic E-state index is 0.375. The fourth-order valence-corrected chi connectivity index (χ4v) is 2.55. The summed E-state index contributed by atoms with van der Waals surface area (Å²) in [7, 11) is 0. The normalized spacial score (nSPS) is 22.5. The highest BCUT2D eigenvalue weighted by molar-refractivity contribution is 5.76. The lowest BCUT2D eigenvalue weighted by Gasteiger charge is -2.21. The summed E-state index contributed by atoms with van der Waals surface area (Å²) in [6.07, 6.45) is 6.92.